The molecule has 1 aromatic carbocycles. The second-order valence-electron chi connectivity index (χ2n) is 4.36. The van der Waals surface area contributed by atoms with Crippen molar-refractivity contribution < 1.29 is 31.7 Å². The molecule has 24 heavy (non-hydrogen) atoms. The molecule has 7 nitrogen and oxygen atoms in total. The summed E-state index contributed by atoms with van der Waals surface area (Å²) in [6.07, 6.45) is 0. The van der Waals surface area contributed by atoms with Crippen LogP contribution in [0.25, 0.3) is 0 Å². The molecule has 9 heteroatoms. The number of carbonyl (C=O) groups excluding carboxylic acids is 2. The second-order valence-corrected chi connectivity index (χ2v) is 6.79. The van der Waals surface area contributed by atoms with E-state index in [2.05, 4.69) is 4.74 Å². The normalized spacial score (nSPS) is 10.9. The molecule has 2 aromatic rings. The predicted molar refractivity (Wildman–Crippen MR) is 85.9 cm³/mol. The minimum atomic E-state index is -4.32. The number of carbonyl (C=O) groups is 2. The zero-order chi connectivity index (χ0) is 17.7. The lowest BCUT2D eigenvalue weighted by molar-refractivity contribution is 0.0523. The number of esters is 2. The molecule has 2 rings (SSSR count). The van der Waals surface area contributed by atoms with Gasteiger partial charge in [0.1, 0.15) is 15.3 Å². The molecule has 0 spiro atoms. The van der Waals surface area contributed by atoms with Crippen molar-refractivity contribution in [1.29, 1.82) is 0 Å². The van der Waals surface area contributed by atoms with Crippen LogP contribution in [0.1, 0.15) is 27.0 Å². The van der Waals surface area contributed by atoms with Crippen molar-refractivity contribution >= 4 is 33.4 Å². The van der Waals surface area contributed by atoms with Crippen LogP contribution in [-0.4, -0.2) is 34.1 Å². The summed E-state index contributed by atoms with van der Waals surface area (Å²) in [5, 5.41) is 1.43. The van der Waals surface area contributed by atoms with Crippen molar-refractivity contribution in [3.8, 4) is 5.75 Å². The first-order valence-electron chi connectivity index (χ1n) is 6.77. The molecule has 1 heterocycles. The Morgan fingerprint density at radius 1 is 1.12 bits per heavy atom. The molecule has 0 bridgehead atoms. The van der Waals surface area contributed by atoms with Crippen molar-refractivity contribution in [2.24, 2.45) is 0 Å². The van der Waals surface area contributed by atoms with Gasteiger partial charge in [-0.25, -0.2) is 9.59 Å². The molecule has 1 aromatic heterocycles. The van der Waals surface area contributed by atoms with Crippen LogP contribution in [0.3, 0.4) is 0 Å². The Morgan fingerprint density at radius 3 is 2.50 bits per heavy atom. The summed E-state index contributed by atoms with van der Waals surface area (Å²) in [5.41, 5.74) is -0.0298. The van der Waals surface area contributed by atoms with Gasteiger partial charge < -0.3 is 13.7 Å². The van der Waals surface area contributed by atoms with Crippen LogP contribution in [0, 0.1) is 0 Å². The smallest absolute Gasteiger partial charge is 0.349 e. The maximum Gasteiger partial charge on any atom is 0.349 e. The monoisotopic (exact) mass is 370 g/mol. The van der Waals surface area contributed by atoms with Crippen molar-refractivity contribution in [2.75, 3.05) is 13.7 Å². The minimum Gasteiger partial charge on any atom is -0.465 e. The number of ether oxygens (including phenoxy) is 2. The highest BCUT2D eigenvalue weighted by Gasteiger charge is 2.28. The number of hydrogen-bond acceptors (Lipinski definition) is 8. The molecule has 0 amide bonds. The Bertz CT molecular complexity index is 852. The number of methoxy groups -OCH3 is 1. The summed E-state index contributed by atoms with van der Waals surface area (Å²) >= 11 is 0.913. The van der Waals surface area contributed by atoms with Gasteiger partial charge >= 0.3 is 22.1 Å². The lowest BCUT2D eigenvalue weighted by atomic mass is 10.2. The Kier molecular flexibility index (Phi) is 5.58. The lowest BCUT2D eigenvalue weighted by Crippen LogP contribution is -2.15. The molecule has 0 atom stereocenters. The maximum absolute atomic E-state index is 12.5. The number of benzene rings is 1. The molecule has 0 aliphatic heterocycles. The van der Waals surface area contributed by atoms with E-state index in [9.17, 15) is 18.0 Å². The van der Waals surface area contributed by atoms with Gasteiger partial charge in [0.15, 0.2) is 5.75 Å². The lowest BCUT2D eigenvalue weighted by Gasteiger charge is -2.10. The summed E-state index contributed by atoms with van der Waals surface area (Å²) in [6, 6.07) is 7.02. The molecule has 0 aliphatic rings. The van der Waals surface area contributed by atoms with Crippen molar-refractivity contribution in [3.05, 3.63) is 46.2 Å². The first-order valence-corrected chi connectivity index (χ1v) is 9.06. The minimum absolute atomic E-state index is 0.0298. The highest BCUT2D eigenvalue weighted by molar-refractivity contribution is 7.87. The Labute approximate surface area is 142 Å². The number of hydrogen-bond donors (Lipinski definition) is 0. The third-order valence-electron chi connectivity index (χ3n) is 2.85. The van der Waals surface area contributed by atoms with Gasteiger partial charge in [0.25, 0.3) is 0 Å². The van der Waals surface area contributed by atoms with Crippen LogP contribution in [0.5, 0.6) is 5.75 Å². The Morgan fingerprint density at radius 2 is 1.83 bits per heavy atom. The fraction of sp³-hybridized carbons (Fsp3) is 0.200. The van der Waals surface area contributed by atoms with E-state index in [1.807, 2.05) is 0 Å². The van der Waals surface area contributed by atoms with E-state index in [0.717, 1.165) is 18.4 Å². The van der Waals surface area contributed by atoms with Crippen LogP contribution < -0.4 is 4.18 Å². The van der Waals surface area contributed by atoms with Gasteiger partial charge in [-0.1, -0.05) is 12.1 Å². The van der Waals surface area contributed by atoms with Gasteiger partial charge in [-0.3, -0.25) is 0 Å². The average molecular weight is 370 g/mol. The van der Waals surface area contributed by atoms with Crippen LogP contribution in [0.4, 0.5) is 0 Å². The Hall–Kier alpha value is -2.39. The highest BCUT2D eigenvalue weighted by Crippen LogP contribution is 2.28. The second kappa shape index (κ2) is 7.45. The van der Waals surface area contributed by atoms with Gasteiger partial charge in [0.2, 0.25) is 0 Å². The van der Waals surface area contributed by atoms with Crippen molar-refractivity contribution in [2.45, 2.75) is 11.8 Å². The Balaban J connectivity index is 2.40. The molecule has 0 saturated heterocycles. The quantitative estimate of drug-likeness (QED) is 0.569. The van der Waals surface area contributed by atoms with E-state index in [0.29, 0.717) is 0 Å². The molecular weight excluding hydrogens is 356 g/mol. The van der Waals surface area contributed by atoms with E-state index in [1.165, 1.54) is 29.6 Å². The molecule has 128 valence electrons. The van der Waals surface area contributed by atoms with Gasteiger partial charge in [0.05, 0.1) is 13.7 Å². The zero-order valence-electron chi connectivity index (χ0n) is 12.8. The fourth-order valence-electron chi connectivity index (χ4n) is 1.82. The number of rotatable bonds is 6. The third-order valence-corrected chi connectivity index (χ3v) is 5.15. The van der Waals surface area contributed by atoms with Gasteiger partial charge in [-0.15, -0.1) is 11.3 Å². The summed E-state index contributed by atoms with van der Waals surface area (Å²) in [4.78, 5) is 23.1. The summed E-state index contributed by atoms with van der Waals surface area (Å²) in [5.74, 6) is -1.68. The van der Waals surface area contributed by atoms with Crippen LogP contribution in [-0.2, 0) is 19.6 Å². The van der Waals surface area contributed by atoms with Gasteiger partial charge in [0, 0.05) is 0 Å². The molecule has 0 radical (unpaired) electrons. The van der Waals surface area contributed by atoms with E-state index >= 15 is 0 Å². The van der Waals surface area contributed by atoms with E-state index in [1.54, 1.807) is 13.0 Å². The van der Waals surface area contributed by atoms with E-state index in [-0.39, 0.29) is 27.7 Å². The number of thiophene rings is 1. The molecule has 0 aliphatic carbocycles. The van der Waals surface area contributed by atoms with Gasteiger partial charge in [-0.05, 0) is 30.5 Å². The molecule has 0 fully saturated rings. The largest absolute Gasteiger partial charge is 0.465 e. The SMILES string of the molecule is CCOC(=O)c1ccccc1OS(=O)(=O)c1ccsc1C(=O)OC. The topological polar surface area (TPSA) is 96.0 Å². The number of para-hydroxylation sites is 1. The predicted octanol–water partition coefficient (Wildman–Crippen LogP) is 2.48. The van der Waals surface area contributed by atoms with Crippen molar-refractivity contribution in [1.82, 2.24) is 0 Å². The van der Waals surface area contributed by atoms with E-state index in [4.69, 9.17) is 8.92 Å². The highest BCUT2D eigenvalue weighted by atomic mass is 32.2. The van der Waals surface area contributed by atoms with Crippen LogP contribution in [0.2, 0.25) is 0 Å². The van der Waals surface area contributed by atoms with Gasteiger partial charge in [-0.2, -0.15) is 8.42 Å². The first-order chi connectivity index (χ1) is 11.4. The zero-order valence-corrected chi connectivity index (χ0v) is 14.5. The van der Waals surface area contributed by atoms with Crippen molar-refractivity contribution in [3.63, 3.8) is 0 Å². The molecule has 0 unspecified atom stereocenters. The van der Waals surface area contributed by atoms with Crippen LogP contribution in [0.15, 0.2) is 40.6 Å². The summed E-state index contributed by atoms with van der Waals surface area (Å²) < 4.78 is 39.4. The molecule has 0 saturated carbocycles. The fourth-order valence-corrected chi connectivity index (χ4v) is 4.07. The molecule has 0 N–H and O–H groups in total. The standard InChI is InChI=1S/C15H14O7S2/c1-3-21-14(16)10-6-4-5-7-11(10)22-24(18,19)12-8-9-23-13(12)15(17)20-2/h4-9H,3H2,1-2H3. The summed E-state index contributed by atoms with van der Waals surface area (Å²) in [7, 11) is -3.18. The third kappa shape index (κ3) is 3.74. The van der Waals surface area contributed by atoms with Crippen LogP contribution >= 0.6 is 11.3 Å². The average Bonchev–Trinajstić information content (AvgIpc) is 3.05. The van der Waals surface area contributed by atoms with E-state index < -0.39 is 22.1 Å². The first kappa shape index (κ1) is 18.0. The summed E-state index contributed by atoms with van der Waals surface area (Å²) in [6.45, 7) is 1.77. The maximum atomic E-state index is 12.5. The molecular formula is C15H14O7S2.